The number of hydrogen-bond donors (Lipinski definition) is 0. The number of carbonyl (C=O) groups excluding carboxylic acids is 1. The number of nitrogens with zero attached hydrogens (tertiary/aromatic N) is 1. The van der Waals surface area contributed by atoms with Gasteiger partial charge in [-0.05, 0) is 18.9 Å². The van der Waals surface area contributed by atoms with Gasteiger partial charge in [0.05, 0.1) is 5.92 Å². The topological polar surface area (TPSA) is 20.3 Å². The monoisotopic (exact) mass is 219 g/mol. The van der Waals surface area contributed by atoms with Gasteiger partial charge in [0.15, 0.2) is 0 Å². The zero-order valence-electron chi connectivity index (χ0n) is 10.4. The predicted molar refractivity (Wildman–Crippen MR) is 67.4 cm³/mol. The molecule has 2 heteroatoms. The van der Waals surface area contributed by atoms with Crippen LogP contribution in [0.4, 0.5) is 0 Å². The Morgan fingerprint density at radius 1 is 1.25 bits per heavy atom. The van der Waals surface area contributed by atoms with Gasteiger partial charge in [-0.15, -0.1) is 0 Å². The van der Waals surface area contributed by atoms with Crippen LogP contribution in [0.1, 0.15) is 38.2 Å². The van der Waals surface area contributed by atoms with Gasteiger partial charge in [-0.2, -0.15) is 0 Å². The summed E-state index contributed by atoms with van der Waals surface area (Å²) in [5.41, 5.74) is 1.13. The highest BCUT2D eigenvalue weighted by atomic mass is 16.2. The molecule has 88 valence electrons. The van der Waals surface area contributed by atoms with Crippen LogP contribution in [-0.4, -0.2) is 24.4 Å². The molecule has 1 unspecified atom stereocenters. The molecule has 0 aliphatic carbocycles. The molecule has 1 aromatic carbocycles. The first-order chi connectivity index (χ1) is 7.70. The molecule has 2 nitrogen and oxygen atoms in total. The van der Waals surface area contributed by atoms with Crippen molar-refractivity contribution in [3.8, 4) is 0 Å². The van der Waals surface area contributed by atoms with Gasteiger partial charge in [0.2, 0.25) is 5.91 Å². The third kappa shape index (κ3) is 3.09. The summed E-state index contributed by atoms with van der Waals surface area (Å²) in [5.74, 6) is 0.256. The van der Waals surface area contributed by atoms with Gasteiger partial charge in [-0.1, -0.05) is 43.7 Å². The van der Waals surface area contributed by atoms with Crippen molar-refractivity contribution in [2.24, 2.45) is 0 Å². The summed E-state index contributed by atoms with van der Waals surface area (Å²) in [6.45, 7) is 4.90. The molecule has 0 aliphatic rings. The molecule has 0 N–H and O–H groups in total. The van der Waals surface area contributed by atoms with E-state index in [4.69, 9.17) is 0 Å². The van der Waals surface area contributed by atoms with E-state index >= 15 is 0 Å². The molecule has 16 heavy (non-hydrogen) atoms. The van der Waals surface area contributed by atoms with Crippen LogP contribution in [0, 0.1) is 0 Å². The second kappa shape index (κ2) is 6.31. The van der Waals surface area contributed by atoms with Gasteiger partial charge in [0, 0.05) is 13.6 Å². The van der Waals surface area contributed by atoms with Crippen molar-refractivity contribution in [1.82, 2.24) is 4.90 Å². The van der Waals surface area contributed by atoms with E-state index in [0.717, 1.165) is 24.9 Å². The zero-order chi connectivity index (χ0) is 12.0. The van der Waals surface area contributed by atoms with Gasteiger partial charge in [0.1, 0.15) is 0 Å². The molecule has 1 atom stereocenters. The predicted octanol–water partition coefficient (Wildman–Crippen LogP) is 3.05. The first-order valence-corrected chi connectivity index (χ1v) is 6.00. The van der Waals surface area contributed by atoms with Crippen LogP contribution in [0.2, 0.25) is 0 Å². The third-order valence-electron chi connectivity index (χ3n) is 2.93. The summed E-state index contributed by atoms with van der Waals surface area (Å²) in [6, 6.07) is 10.1. The van der Waals surface area contributed by atoms with Crippen LogP contribution in [0.15, 0.2) is 30.3 Å². The highest BCUT2D eigenvalue weighted by Gasteiger charge is 2.21. The SMILES string of the molecule is CCCC(C(=O)N(C)CC)c1ccccc1. The summed E-state index contributed by atoms with van der Waals surface area (Å²) in [5, 5.41) is 0. The fraction of sp³-hybridized carbons (Fsp3) is 0.500. The van der Waals surface area contributed by atoms with E-state index in [0.29, 0.717) is 0 Å². The zero-order valence-corrected chi connectivity index (χ0v) is 10.4. The summed E-state index contributed by atoms with van der Waals surface area (Å²) in [6.07, 6.45) is 1.95. The molecule has 0 fully saturated rings. The summed E-state index contributed by atoms with van der Waals surface area (Å²) < 4.78 is 0. The van der Waals surface area contributed by atoms with Crippen molar-refractivity contribution in [3.05, 3.63) is 35.9 Å². The smallest absolute Gasteiger partial charge is 0.229 e. The number of rotatable bonds is 5. The van der Waals surface area contributed by atoms with Crippen molar-refractivity contribution in [2.75, 3.05) is 13.6 Å². The van der Waals surface area contributed by atoms with Crippen LogP contribution in [0.5, 0.6) is 0 Å². The minimum atomic E-state index is 0.0242. The number of benzene rings is 1. The molecule has 1 amide bonds. The fourth-order valence-electron chi connectivity index (χ4n) is 1.83. The number of likely N-dealkylation sites (N-methyl/N-ethyl adjacent to an activating group) is 1. The lowest BCUT2D eigenvalue weighted by Crippen LogP contribution is -2.31. The highest BCUT2D eigenvalue weighted by molar-refractivity contribution is 5.83. The minimum absolute atomic E-state index is 0.0242. The lowest BCUT2D eigenvalue weighted by Gasteiger charge is -2.22. The Labute approximate surface area is 98.3 Å². The number of hydrogen-bond acceptors (Lipinski definition) is 1. The second-order valence-electron chi connectivity index (χ2n) is 4.10. The molecule has 0 radical (unpaired) electrons. The van der Waals surface area contributed by atoms with E-state index in [-0.39, 0.29) is 11.8 Å². The van der Waals surface area contributed by atoms with E-state index in [1.807, 2.05) is 44.3 Å². The Hall–Kier alpha value is -1.31. The highest BCUT2D eigenvalue weighted by Crippen LogP contribution is 2.23. The summed E-state index contributed by atoms with van der Waals surface area (Å²) in [4.78, 5) is 14.0. The Morgan fingerprint density at radius 3 is 2.38 bits per heavy atom. The lowest BCUT2D eigenvalue weighted by molar-refractivity contribution is -0.131. The maximum Gasteiger partial charge on any atom is 0.229 e. The molecule has 0 aliphatic heterocycles. The molecule has 0 saturated heterocycles. The van der Waals surface area contributed by atoms with Crippen LogP contribution < -0.4 is 0 Å². The van der Waals surface area contributed by atoms with Crippen LogP contribution >= 0.6 is 0 Å². The maximum absolute atomic E-state index is 12.2. The second-order valence-corrected chi connectivity index (χ2v) is 4.10. The lowest BCUT2D eigenvalue weighted by atomic mass is 9.93. The van der Waals surface area contributed by atoms with Crippen molar-refractivity contribution in [3.63, 3.8) is 0 Å². The average Bonchev–Trinajstić information content (AvgIpc) is 2.35. The first-order valence-electron chi connectivity index (χ1n) is 6.00. The van der Waals surface area contributed by atoms with Crippen molar-refractivity contribution in [1.29, 1.82) is 0 Å². The Balaban J connectivity index is 2.87. The van der Waals surface area contributed by atoms with Crippen LogP contribution in [0.25, 0.3) is 0 Å². The Kier molecular flexibility index (Phi) is 5.03. The van der Waals surface area contributed by atoms with Gasteiger partial charge >= 0.3 is 0 Å². The molecule has 1 rings (SSSR count). The third-order valence-corrected chi connectivity index (χ3v) is 2.93. The molecule has 0 bridgehead atoms. The maximum atomic E-state index is 12.2. The van der Waals surface area contributed by atoms with Gasteiger partial charge in [-0.25, -0.2) is 0 Å². The standard InChI is InChI=1S/C14H21NO/c1-4-9-13(14(16)15(3)5-2)12-10-7-6-8-11-12/h6-8,10-11,13H,4-5,9H2,1-3H3. The Bertz CT molecular complexity index is 321. The minimum Gasteiger partial charge on any atom is -0.346 e. The molecule has 0 saturated carbocycles. The molecular formula is C14H21NO. The molecule has 0 heterocycles. The average molecular weight is 219 g/mol. The quantitative estimate of drug-likeness (QED) is 0.745. The van der Waals surface area contributed by atoms with Gasteiger partial charge in [0.25, 0.3) is 0 Å². The first kappa shape index (κ1) is 12.8. The molecular weight excluding hydrogens is 198 g/mol. The molecule has 0 aromatic heterocycles. The van der Waals surface area contributed by atoms with E-state index in [2.05, 4.69) is 6.92 Å². The van der Waals surface area contributed by atoms with Crippen molar-refractivity contribution in [2.45, 2.75) is 32.6 Å². The van der Waals surface area contributed by atoms with Crippen LogP contribution in [-0.2, 0) is 4.79 Å². The van der Waals surface area contributed by atoms with E-state index in [1.165, 1.54) is 0 Å². The summed E-state index contributed by atoms with van der Waals surface area (Å²) in [7, 11) is 1.87. The van der Waals surface area contributed by atoms with Crippen molar-refractivity contribution >= 4 is 5.91 Å². The van der Waals surface area contributed by atoms with E-state index < -0.39 is 0 Å². The van der Waals surface area contributed by atoms with Crippen LogP contribution in [0.3, 0.4) is 0 Å². The van der Waals surface area contributed by atoms with Gasteiger partial charge in [-0.3, -0.25) is 4.79 Å². The molecule has 1 aromatic rings. The summed E-state index contributed by atoms with van der Waals surface area (Å²) >= 11 is 0. The Morgan fingerprint density at radius 2 is 1.88 bits per heavy atom. The number of amides is 1. The molecule has 0 spiro atoms. The number of carbonyl (C=O) groups is 1. The fourth-order valence-corrected chi connectivity index (χ4v) is 1.83. The van der Waals surface area contributed by atoms with E-state index in [1.54, 1.807) is 4.90 Å². The van der Waals surface area contributed by atoms with Crippen molar-refractivity contribution < 1.29 is 4.79 Å². The van der Waals surface area contributed by atoms with E-state index in [9.17, 15) is 4.79 Å². The van der Waals surface area contributed by atoms with Gasteiger partial charge < -0.3 is 4.90 Å². The normalized spacial score (nSPS) is 12.2. The largest absolute Gasteiger partial charge is 0.346 e.